The van der Waals surface area contributed by atoms with Gasteiger partial charge in [0.05, 0.1) is 4.99 Å². The molecule has 1 atom stereocenters. The Bertz CT molecular complexity index is 360. The fourth-order valence-electron chi connectivity index (χ4n) is 2.55. The minimum absolute atomic E-state index is 0.203. The van der Waals surface area contributed by atoms with Crippen molar-refractivity contribution in [1.82, 2.24) is 5.32 Å². The lowest BCUT2D eigenvalue weighted by Crippen LogP contribution is -2.45. The first kappa shape index (κ1) is 11.6. The highest BCUT2D eigenvalue weighted by molar-refractivity contribution is 7.80. The van der Waals surface area contributed by atoms with Crippen LogP contribution in [0.3, 0.4) is 0 Å². The molecule has 1 saturated heterocycles. The molecule has 0 amide bonds. The fraction of sp³-hybridized carbons (Fsp3) is 0.500. The van der Waals surface area contributed by atoms with Crippen LogP contribution < -0.4 is 5.32 Å². The number of rotatable bonds is 3. The molecular formula is C14H19NS. The molecule has 0 radical (unpaired) electrons. The monoisotopic (exact) mass is 233 g/mol. The highest BCUT2D eigenvalue weighted by Crippen LogP contribution is 2.35. The topological polar surface area (TPSA) is 12.0 Å². The summed E-state index contributed by atoms with van der Waals surface area (Å²) < 4.78 is 0. The molecule has 1 heterocycles. The molecule has 1 nitrogen and oxygen atoms in total. The summed E-state index contributed by atoms with van der Waals surface area (Å²) in [7, 11) is 0. The van der Waals surface area contributed by atoms with Gasteiger partial charge in [0.25, 0.3) is 0 Å². The molecular weight excluding hydrogens is 214 g/mol. The van der Waals surface area contributed by atoms with Crippen molar-refractivity contribution in [3.8, 4) is 0 Å². The molecule has 1 aliphatic heterocycles. The second-order valence-corrected chi connectivity index (χ2v) is 5.06. The number of hydrogen-bond donors (Lipinski definition) is 1. The van der Waals surface area contributed by atoms with Gasteiger partial charge < -0.3 is 5.32 Å². The molecule has 0 aromatic heterocycles. The number of nitrogens with one attached hydrogen (secondary N) is 1. The lowest BCUT2D eigenvalue weighted by molar-refractivity contribution is 0.330. The quantitative estimate of drug-likeness (QED) is 0.804. The third-order valence-corrected chi connectivity index (χ3v) is 4.24. The molecule has 86 valence electrons. The van der Waals surface area contributed by atoms with E-state index in [1.165, 1.54) is 18.4 Å². The van der Waals surface area contributed by atoms with Crippen molar-refractivity contribution in [1.29, 1.82) is 0 Å². The fourth-order valence-corrected chi connectivity index (χ4v) is 2.97. The van der Waals surface area contributed by atoms with Crippen LogP contribution in [0.25, 0.3) is 0 Å². The Morgan fingerprint density at radius 3 is 2.69 bits per heavy atom. The number of piperidine rings is 1. The van der Waals surface area contributed by atoms with E-state index in [9.17, 15) is 0 Å². The van der Waals surface area contributed by atoms with E-state index in [-0.39, 0.29) is 5.41 Å². The van der Waals surface area contributed by atoms with E-state index < -0.39 is 0 Å². The Labute approximate surface area is 103 Å². The molecule has 0 spiro atoms. The largest absolute Gasteiger partial charge is 0.379 e. The van der Waals surface area contributed by atoms with Gasteiger partial charge in [-0.3, -0.25) is 0 Å². The van der Waals surface area contributed by atoms with Gasteiger partial charge in [0, 0.05) is 12.0 Å². The average molecular weight is 233 g/mol. The van der Waals surface area contributed by atoms with Crippen LogP contribution in [0.4, 0.5) is 0 Å². The second kappa shape index (κ2) is 4.96. The van der Waals surface area contributed by atoms with Crippen molar-refractivity contribution >= 4 is 17.2 Å². The molecule has 1 aromatic carbocycles. The van der Waals surface area contributed by atoms with Crippen LogP contribution in [0.5, 0.6) is 0 Å². The zero-order valence-electron chi connectivity index (χ0n) is 9.83. The van der Waals surface area contributed by atoms with Gasteiger partial charge in [-0.2, -0.15) is 0 Å². The number of hydrogen-bond acceptors (Lipinski definition) is 1. The summed E-state index contributed by atoms with van der Waals surface area (Å²) in [6.07, 6.45) is 4.68. The maximum Gasteiger partial charge on any atom is 0.0819 e. The van der Waals surface area contributed by atoms with Gasteiger partial charge in [-0.15, -0.1) is 0 Å². The van der Waals surface area contributed by atoms with Gasteiger partial charge in [-0.05, 0) is 31.2 Å². The molecule has 0 saturated carbocycles. The standard InChI is InChI=1S/C14H19NS/c1-2-14(9-6-10-15-13(14)16)11-12-7-4-3-5-8-12/h3-5,7-8H,2,6,9-11H2,1H3,(H,15,16). The normalized spacial score (nSPS) is 25.2. The molecule has 0 bridgehead atoms. The molecule has 1 N–H and O–H groups in total. The Balaban J connectivity index is 2.18. The van der Waals surface area contributed by atoms with Crippen LogP contribution in [0.15, 0.2) is 30.3 Å². The van der Waals surface area contributed by atoms with Crippen molar-refractivity contribution in [3.05, 3.63) is 35.9 Å². The minimum atomic E-state index is 0.203. The predicted molar refractivity (Wildman–Crippen MR) is 72.7 cm³/mol. The first-order valence-electron chi connectivity index (χ1n) is 6.09. The average Bonchev–Trinajstić information content (AvgIpc) is 2.34. The van der Waals surface area contributed by atoms with Gasteiger partial charge in [0.2, 0.25) is 0 Å². The lowest BCUT2D eigenvalue weighted by Gasteiger charge is -2.38. The maximum absolute atomic E-state index is 5.53. The van der Waals surface area contributed by atoms with Crippen molar-refractivity contribution in [3.63, 3.8) is 0 Å². The highest BCUT2D eigenvalue weighted by Gasteiger charge is 2.35. The summed E-state index contributed by atoms with van der Waals surface area (Å²) in [5.74, 6) is 0. The third-order valence-electron chi connectivity index (χ3n) is 3.66. The van der Waals surface area contributed by atoms with Crippen molar-refractivity contribution in [2.24, 2.45) is 5.41 Å². The van der Waals surface area contributed by atoms with E-state index in [1.54, 1.807) is 0 Å². The summed E-state index contributed by atoms with van der Waals surface area (Å²) >= 11 is 5.53. The van der Waals surface area contributed by atoms with Crippen LogP contribution in [0.1, 0.15) is 31.7 Å². The van der Waals surface area contributed by atoms with E-state index in [1.807, 2.05) is 0 Å². The van der Waals surface area contributed by atoms with Gasteiger partial charge in [-0.25, -0.2) is 0 Å². The summed E-state index contributed by atoms with van der Waals surface area (Å²) in [5, 5.41) is 3.38. The number of thiocarbonyl (C=S) groups is 1. The molecule has 1 aromatic rings. The van der Waals surface area contributed by atoms with Crippen molar-refractivity contribution in [2.45, 2.75) is 32.6 Å². The molecule has 0 aliphatic carbocycles. The first-order chi connectivity index (χ1) is 7.77. The molecule has 16 heavy (non-hydrogen) atoms. The Morgan fingerprint density at radius 1 is 1.31 bits per heavy atom. The molecule has 2 heteroatoms. The van der Waals surface area contributed by atoms with Gasteiger partial charge in [-0.1, -0.05) is 49.5 Å². The molecule has 1 fully saturated rings. The first-order valence-corrected chi connectivity index (χ1v) is 6.50. The van der Waals surface area contributed by atoms with Crippen LogP contribution in [0.2, 0.25) is 0 Å². The highest BCUT2D eigenvalue weighted by atomic mass is 32.1. The van der Waals surface area contributed by atoms with Crippen LogP contribution in [0, 0.1) is 5.41 Å². The predicted octanol–water partition coefficient (Wildman–Crippen LogP) is 3.34. The summed E-state index contributed by atoms with van der Waals surface area (Å²) in [5.41, 5.74) is 1.60. The van der Waals surface area contributed by atoms with E-state index in [0.29, 0.717) is 0 Å². The Morgan fingerprint density at radius 2 is 2.06 bits per heavy atom. The minimum Gasteiger partial charge on any atom is -0.379 e. The van der Waals surface area contributed by atoms with Crippen molar-refractivity contribution in [2.75, 3.05) is 6.54 Å². The van der Waals surface area contributed by atoms with Crippen LogP contribution in [-0.4, -0.2) is 11.5 Å². The summed E-state index contributed by atoms with van der Waals surface area (Å²) in [4.78, 5) is 1.07. The zero-order valence-corrected chi connectivity index (χ0v) is 10.6. The zero-order chi connectivity index (χ0) is 11.4. The van der Waals surface area contributed by atoms with Gasteiger partial charge >= 0.3 is 0 Å². The summed E-state index contributed by atoms with van der Waals surface area (Å²) in [6, 6.07) is 10.7. The van der Waals surface area contributed by atoms with E-state index in [2.05, 4.69) is 42.6 Å². The van der Waals surface area contributed by atoms with Gasteiger partial charge in [0.15, 0.2) is 0 Å². The lowest BCUT2D eigenvalue weighted by atomic mass is 9.73. The molecule has 2 rings (SSSR count). The van der Waals surface area contributed by atoms with E-state index in [0.717, 1.165) is 24.4 Å². The van der Waals surface area contributed by atoms with Gasteiger partial charge in [0.1, 0.15) is 0 Å². The van der Waals surface area contributed by atoms with Crippen LogP contribution in [-0.2, 0) is 6.42 Å². The smallest absolute Gasteiger partial charge is 0.0819 e. The Hall–Kier alpha value is -0.890. The molecule has 1 aliphatic rings. The van der Waals surface area contributed by atoms with Crippen molar-refractivity contribution < 1.29 is 0 Å². The maximum atomic E-state index is 5.53. The number of benzene rings is 1. The Kier molecular flexibility index (Phi) is 3.59. The summed E-state index contributed by atoms with van der Waals surface area (Å²) in [6.45, 7) is 3.30. The SMILES string of the molecule is CCC1(Cc2ccccc2)CCCNC1=S. The second-order valence-electron chi connectivity index (χ2n) is 4.66. The third kappa shape index (κ3) is 2.27. The van der Waals surface area contributed by atoms with E-state index in [4.69, 9.17) is 12.2 Å². The van der Waals surface area contributed by atoms with E-state index >= 15 is 0 Å². The van der Waals surface area contributed by atoms with Crippen LogP contribution >= 0.6 is 12.2 Å². The molecule has 1 unspecified atom stereocenters.